The fourth-order valence-electron chi connectivity index (χ4n) is 4.20. The van der Waals surface area contributed by atoms with Crippen molar-refractivity contribution in [3.63, 3.8) is 0 Å². The van der Waals surface area contributed by atoms with Crippen molar-refractivity contribution in [1.82, 2.24) is 0 Å². The summed E-state index contributed by atoms with van der Waals surface area (Å²) >= 11 is 0. The molecule has 128 valence electrons. The normalized spacial score (nSPS) is 27.2. The molecule has 0 aromatic heterocycles. The predicted octanol–water partition coefficient (Wildman–Crippen LogP) is 6.13. The summed E-state index contributed by atoms with van der Waals surface area (Å²) < 4.78 is 5.83. The third kappa shape index (κ3) is 5.04. The Morgan fingerprint density at radius 1 is 0.864 bits per heavy atom. The average molecular weight is 309 g/mol. The first-order chi connectivity index (χ1) is 10.7. The van der Waals surface area contributed by atoms with Crippen LogP contribution in [-0.2, 0) is 4.74 Å². The largest absolute Gasteiger partial charge is 0.355 e. The zero-order valence-corrected chi connectivity index (χ0v) is 15.0. The van der Waals surface area contributed by atoms with Crippen molar-refractivity contribution in [2.75, 3.05) is 7.11 Å². The highest BCUT2D eigenvalue weighted by Gasteiger charge is 2.35. The maximum absolute atomic E-state index is 5.83. The molecule has 22 heavy (non-hydrogen) atoms. The van der Waals surface area contributed by atoms with Crippen molar-refractivity contribution >= 4 is 0 Å². The first-order valence-corrected chi connectivity index (χ1v) is 9.63. The molecule has 0 heterocycles. The minimum absolute atomic E-state index is 0.346. The maximum Gasteiger partial charge on any atom is 0.178 e. The first kappa shape index (κ1) is 17.9. The molecule has 2 aliphatic carbocycles. The van der Waals surface area contributed by atoms with Gasteiger partial charge in [0.05, 0.1) is 6.04 Å². The average Bonchev–Trinajstić information content (AvgIpc) is 2.97. The molecule has 2 fully saturated rings. The number of hydrogen-bond donors (Lipinski definition) is 0. The second-order valence-corrected chi connectivity index (χ2v) is 7.65. The van der Waals surface area contributed by atoms with Gasteiger partial charge in [-0.1, -0.05) is 51.4 Å². The Bertz CT molecular complexity index is 328. The number of azo groups is 1. The van der Waals surface area contributed by atoms with Crippen molar-refractivity contribution in [3.8, 4) is 0 Å². The molecule has 2 rings (SSSR count). The molecule has 0 aromatic carbocycles. The molecule has 0 amide bonds. The lowest BCUT2D eigenvalue weighted by Crippen LogP contribution is -2.34. The summed E-state index contributed by atoms with van der Waals surface area (Å²) in [7, 11) is 1.81. The van der Waals surface area contributed by atoms with Gasteiger partial charge in [-0.25, -0.2) is 0 Å². The van der Waals surface area contributed by atoms with Gasteiger partial charge in [-0.15, -0.1) is 0 Å². The lowest BCUT2D eigenvalue weighted by Gasteiger charge is -2.32. The van der Waals surface area contributed by atoms with Crippen molar-refractivity contribution in [1.29, 1.82) is 0 Å². The molecular formula is C19H36N2O. The lowest BCUT2D eigenvalue weighted by molar-refractivity contribution is -0.0483. The zero-order valence-electron chi connectivity index (χ0n) is 15.0. The van der Waals surface area contributed by atoms with E-state index in [1.807, 2.05) is 0 Å². The fourth-order valence-corrected chi connectivity index (χ4v) is 4.20. The Hall–Kier alpha value is -0.440. The fraction of sp³-hybridized carbons (Fsp3) is 1.00. The Labute approximate surface area is 137 Å². The van der Waals surface area contributed by atoms with Gasteiger partial charge in [-0.3, -0.25) is 0 Å². The number of rotatable bonds is 5. The number of methoxy groups -OCH3 is 1. The van der Waals surface area contributed by atoms with Crippen molar-refractivity contribution < 1.29 is 4.74 Å². The summed E-state index contributed by atoms with van der Waals surface area (Å²) in [6, 6.07) is 0.346. The predicted molar refractivity (Wildman–Crippen MR) is 92.1 cm³/mol. The van der Waals surface area contributed by atoms with E-state index in [-0.39, 0.29) is 0 Å². The van der Waals surface area contributed by atoms with Gasteiger partial charge in [0.15, 0.2) is 5.72 Å². The lowest BCUT2D eigenvalue weighted by atomic mass is 9.90. The van der Waals surface area contributed by atoms with E-state index in [4.69, 9.17) is 15.0 Å². The van der Waals surface area contributed by atoms with Gasteiger partial charge in [0.25, 0.3) is 0 Å². The van der Waals surface area contributed by atoms with E-state index in [9.17, 15) is 0 Å². The Balaban J connectivity index is 1.96. The molecular weight excluding hydrogens is 272 g/mol. The van der Waals surface area contributed by atoms with Crippen LogP contribution in [0.15, 0.2) is 10.2 Å². The van der Waals surface area contributed by atoms with E-state index in [1.54, 1.807) is 7.11 Å². The van der Waals surface area contributed by atoms with Gasteiger partial charge in [0.1, 0.15) is 0 Å². The molecule has 0 saturated heterocycles. The van der Waals surface area contributed by atoms with Crippen LogP contribution in [0.1, 0.15) is 90.9 Å². The number of hydrogen-bond acceptors (Lipinski definition) is 3. The monoisotopic (exact) mass is 308 g/mol. The van der Waals surface area contributed by atoms with Gasteiger partial charge in [0.2, 0.25) is 0 Å². The summed E-state index contributed by atoms with van der Waals surface area (Å²) in [6.45, 7) is 4.40. The second kappa shape index (κ2) is 9.00. The van der Waals surface area contributed by atoms with Crippen molar-refractivity contribution in [3.05, 3.63) is 0 Å². The summed E-state index contributed by atoms with van der Waals surface area (Å²) in [6.07, 6.45) is 16.0. The molecule has 2 aliphatic rings. The second-order valence-electron chi connectivity index (χ2n) is 7.65. The summed E-state index contributed by atoms with van der Waals surface area (Å²) in [5, 5.41) is 9.49. The molecule has 0 aliphatic heterocycles. The minimum Gasteiger partial charge on any atom is -0.355 e. The molecule has 0 N–H and O–H groups in total. The van der Waals surface area contributed by atoms with E-state index in [2.05, 4.69) is 13.8 Å². The van der Waals surface area contributed by atoms with E-state index in [0.717, 1.165) is 5.92 Å². The summed E-state index contributed by atoms with van der Waals surface area (Å²) in [5.41, 5.74) is -0.413. The van der Waals surface area contributed by atoms with Crippen LogP contribution in [0.2, 0.25) is 0 Å². The zero-order chi connectivity index (χ0) is 15.8. The molecule has 3 heteroatoms. The van der Waals surface area contributed by atoms with E-state index >= 15 is 0 Å². The number of nitrogens with zero attached hydrogens (tertiary/aromatic N) is 2. The van der Waals surface area contributed by atoms with Gasteiger partial charge < -0.3 is 4.74 Å². The Morgan fingerprint density at radius 3 is 1.86 bits per heavy atom. The summed E-state index contributed by atoms with van der Waals surface area (Å²) in [5.74, 6) is 1.26. The van der Waals surface area contributed by atoms with E-state index < -0.39 is 5.72 Å². The van der Waals surface area contributed by atoms with Gasteiger partial charge >= 0.3 is 0 Å². The quantitative estimate of drug-likeness (QED) is 0.444. The molecule has 2 atom stereocenters. The standard InChI is InChI=1S/C19H36N2O/c1-16(17-12-8-4-5-9-13-17)20-21-19(2,22-3)18-14-10-6-7-11-15-18/h16-18H,4-15H2,1-3H3. The Morgan fingerprint density at radius 2 is 1.36 bits per heavy atom. The molecule has 0 radical (unpaired) electrons. The van der Waals surface area contributed by atoms with Crippen molar-refractivity contribution in [2.24, 2.45) is 22.1 Å². The molecule has 0 bridgehead atoms. The van der Waals surface area contributed by atoms with Crippen LogP contribution in [-0.4, -0.2) is 18.9 Å². The van der Waals surface area contributed by atoms with Gasteiger partial charge in [-0.05, 0) is 45.4 Å². The highest BCUT2D eigenvalue weighted by molar-refractivity contribution is 4.83. The molecule has 0 aromatic rings. The molecule has 3 nitrogen and oxygen atoms in total. The van der Waals surface area contributed by atoms with E-state index in [0.29, 0.717) is 12.0 Å². The van der Waals surface area contributed by atoms with Crippen LogP contribution in [0.4, 0.5) is 0 Å². The Kier molecular flexibility index (Phi) is 7.33. The van der Waals surface area contributed by atoms with Gasteiger partial charge in [-0.2, -0.15) is 10.2 Å². The third-order valence-electron chi connectivity index (χ3n) is 6.05. The minimum atomic E-state index is -0.413. The molecule has 2 saturated carbocycles. The van der Waals surface area contributed by atoms with Crippen LogP contribution in [0.5, 0.6) is 0 Å². The smallest absolute Gasteiger partial charge is 0.178 e. The van der Waals surface area contributed by atoms with Crippen LogP contribution < -0.4 is 0 Å². The van der Waals surface area contributed by atoms with Crippen LogP contribution in [0.25, 0.3) is 0 Å². The molecule has 2 unspecified atom stereocenters. The van der Waals surface area contributed by atoms with Crippen LogP contribution in [0.3, 0.4) is 0 Å². The molecule has 0 spiro atoms. The summed E-state index contributed by atoms with van der Waals surface area (Å²) in [4.78, 5) is 0. The topological polar surface area (TPSA) is 34.0 Å². The highest BCUT2D eigenvalue weighted by Crippen LogP contribution is 2.36. The van der Waals surface area contributed by atoms with Crippen molar-refractivity contribution in [2.45, 2.75) is 103 Å². The SMILES string of the molecule is COC(C)(N=NC(C)C1CCCCCC1)C1CCCCCC1. The maximum atomic E-state index is 5.83. The van der Waals surface area contributed by atoms with Crippen LogP contribution >= 0.6 is 0 Å². The van der Waals surface area contributed by atoms with Crippen LogP contribution in [0, 0.1) is 11.8 Å². The highest BCUT2D eigenvalue weighted by atomic mass is 16.5. The van der Waals surface area contributed by atoms with E-state index in [1.165, 1.54) is 77.0 Å². The number of ether oxygens (including phenoxy) is 1. The third-order valence-corrected chi connectivity index (χ3v) is 6.05. The van der Waals surface area contributed by atoms with Gasteiger partial charge in [0, 0.05) is 13.0 Å². The first-order valence-electron chi connectivity index (χ1n) is 9.63.